The van der Waals surface area contributed by atoms with Gasteiger partial charge in [0.1, 0.15) is 0 Å². The van der Waals surface area contributed by atoms with Gasteiger partial charge in [-0.3, -0.25) is 0 Å². The van der Waals surface area contributed by atoms with E-state index in [0.717, 1.165) is 5.92 Å². The van der Waals surface area contributed by atoms with Crippen molar-refractivity contribution in [3.05, 3.63) is 12.3 Å². The Morgan fingerprint density at radius 1 is 1.60 bits per heavy atom. The van der Waals surface area contributed by atoms with Gasteiger partial charge in [0.05, 0.1) is 7.11 Å². The lowest BCUT2D eigenvalue weighted by atomic mass is 10.2. The van der Waals surface area contributed by atoms with Gasteiger partial charge in [0.2, 0.25) is 11.8 Å². The molecule has 0 amide bonds. The van der Waals surface area contributed by atoms with Crippen LogP contribution in [0.5, 0.6) is 5.88 Å². The maximum Gasteiger partial charge on any atom is 0.226 e. The number of anilines is 1. The van der Waals surface area contributed by atoms with E-state index < -0.39 is 0 Å². The first-order valence-corrected chi connectivity index (χ1v) is 5.41. The number of hydrogen-bond donors (Lipinski definition) is 1. The molecule has 0 saturated heterocycles. The van der Waals surface area contributed by atoms with Crippen LogP contribution >= 0.6 is 0 Å². The molecule has 0 spiro atoms. The zero-order valence-electron chi connectivity index (χ0n) is 9.23. The summed E-state index contributed by atoms with van der Waals surface area (Å²) in [6.45, 7) is 2.17. The standard InChI is InChI=1S/C11H17N3O/c1-8(7-9-3-4-9)13-11-12-6-5-10(14-11)15-2/h5-6,8-9H,3-4,7H2,1-2H3,(H,12,13,14). The molecule has 0 aliphatic heterocycles. The second kappa shape index (κ2) is 4.47. The summed E-state index contributed by atoms with van der Waals surface area (Å²) in [7, 11) is 1.61. The van der Waals surface area contributed by atoms with Crippen molar-refractivity contribution in [1.82, 2.24) is 9.97 Å². The van der Waals surface area contributed by atoms with Crippen molar-refractivity contribution in [2.24, 2.45) is 5.92 Å². The minimum Gasteiger partial charge on any atom is -0.481 e. The molecule has 1 atom stereocenters. The van der Waals surface area contributed by atoms with Crippen molar-refractivity contribution in [2.45, 2.75) is 32.2 Å². The van der Waals surface area contributed by atoms with Gasteiger partial charge in [-0.15, -0.1) is 0 Å². The summed E-state index contributed by atoms with van der Waals surface area (Å²) in [5, 5.41) is 3.29. The van der Waals surface area contributed by atoms with Crippen molar-refractivity contribution in [3.8, 4) is 5.88 Å². The van der Waals surface area contributed by atoms with Gasteiger partial charge in [0.15, 0.2) is 0 Å². The molecule has 15 heavy (non-hydrogen) atoms. The Balaban J connectivity index is 1.90. The Morgan fingerprint density at radius 3 is 3.07 bits per heavy atom. The van der Waals surface area contributed by atoms with Crippen molar-refractivity contribution < 1.29 is 4.74 Å². The number of hydrogen-bond acceptors (Lipinski definition) is 4. The van der Waals surface area contributed by atoms with E-state index in [9.17, 15) is 0 Å². The van der Waals surface area contributed by atoms with Crippen LogP contribution in [-0.4, -0.2) is 23.1 Å². The van der Waals surface area contributed by atoms with Crippen LogP contribution in [0.4, 0.5) is 5.95 Å². The minimum absolute atomic E-state index is 0.435. The van der Waals surface area contributed by atoms with Gasteiger partial charge in [-0.1, -0.05) is 12.8 Å². The molecule has 82 valence electrons. The number of nitrogens with one attached hydrogen (secondary N) is 1. The summed E-state index contributed by atoms with van der Waals surface area (Å²) in [5.74, 6) is 2.17. The molecule has 0 radical (unpaired) electrons. The summed E-state index contributed by atoms with van der Waals surface area (Å²) in [6, 6.07) is 2.18. The maximum atomic E-state index is 5.04. The first-order valence-electron chi connectivity index (χ1n) is 5.41. The van der Waals surface area contributed by atoms with Gasteiger partial charge in [0.25, 0.3) is 0 Å². The van der Waals surface area contributed by atoms with E-state index in [-0.39, 0.29) is 0 Å². The van der Waals surface area contributed by atoms with E-state index in [1.807, 2.05) is 0 Å². The summed E-state index contributed by atoms with van der Waals surface area (Å²) in [4.78, 5) is 8.37. The van der Waals surface area contributed by atoms with Gasteiger partial charge >= 0.3 is 0 Å². The Hall–Kier alpha value is -1.32. The lowest BCUT2D eigenvalue weighted by Crippen LogP contribution is -2.17. The fourth-order valence-corrected chi connectivity index (χ4v) is 1.66. The van der Waals surface area contributed by atoms with Crippen LogP contribution in [0.3, 0.4) is 0 Å². The van der Waals surface area contributed by atoms with Gasteiger partial charge in [-0.2, -0.15) is 4.98 Å². The Bertz CT molecular complexity index is 325. The monoisotopic (exact) mass is 207 g/mol. The summed E-state index contributed by atoms with van der Waals surface area (Å²) >= 11 is 0. The third-order valence-corrected chi connectivity index (χ3v) is 2.60. The van der Waals surface area contributed by atoms with Crippen LogP contribution in [0.15, 0.2) is 12.3 Å². The molecule has 0 bridgehead atoms. The molecule has 1 unspecified atom stereocenters. The smallest absolute Gasteiger partial charge is 0.226 e. The van der Waals surface area contributed by atoms with E-state index in [2.05, 4.69) is 22.2 Å². The number of ether oxygens (including phenoxy) is 1. The summed E-state index contributed by atoms with van der Waals surface area (Å²) in [5.41, 5.74) is 0. The fourth-order valence-electron chi connectivity index (χ4n) is 1.66. The van der Waals surface area contributed by atoms with E-state index in [1.54, 1.807) is 19.4 Å². The quantitative estimate of drug-likeness (QED) is 0.803. The molecular weight excluding hydrogens is 190 g/mol. The second-order valence-corrected chi connectivity index (χ2v) is 4.15. The number of nitrogens with zero attached hydrogens (tertiary/aromatic N) is 2. The molecule has 1 aliphatic carbocycles. The zero-order chi connectivity index (χ0) is 10.7. The molecule has 1 aromatic heterocycles. The molecule has 1 aliphatic rings. The normalized spacial score (nSPS) is 17.2. The van der Waals surface area contributed by atoms with Crippen molar-refractivity contribution >= 4 is 5.95 Å². The SMILES string of the molecule is COc1ccnc(NC(C)CC2CC2)n1. The van der Waals surface area contributed by atoms with Crippen LogP contribution in [-0.2, 0) is 0 Å². The Morgan fingerprint density at radius 2 is 2.40 bits per heavy atom. The van der Waals surface area contributed by atoms with Crippen molar-refractivity contribution in [1.29, 1.82) is 0 Å². The van der Waals surface area contributed by atoms with E-state index >= 15 is 0 Å². The van der Waals surface area contributed by atoms with Crippen LogP contribution < -0.4 is 10.1 Å². The van der Waals surface area contributed by atoms with Gasteiger partial charge in [-0.05, 0) is 19.3 Å². The van der Waals surface area contributed by atoms with Crippen molar-refractivity contribution in [3.63, 3.8) is 0 Å². The highest BCUT2D eigenvalue weighted by molar-refractivity contribution is 5.28. The molecule has 0 aromatic carbocycles. The average Bonchev–Trinajstić information content (AvgIpc) is 3.02. The average molecular weight is 207 g/mol. The molecule has 4 nitrogen and oxygen atoms in total. The first-order chi connectivity index (χ1) is 7.28. The van der Waals surface area contributed by atoms with Crippen LogP contribution in [0.1, 0.15) is 26.2 Å². The van der Waals surface area contributed by atoms with Crippen LogP contribution in [0, 0.1) is 5.92 Å². The van der Waals surface area contributed by atoms with E-state index in [4.69, 9.17) is 4.74 Å². The Kier molecular flexibility index (Phi) is 3.04. The third kappa shape index (κ3) is 3.08. The predicted molar refractivity (Wildman–Crippen MR) is 59.0 cm³/mol. The molecule has 2 rings (SSSR count). The summed E-state index contributed by atoms with van der Waals surface area (Å²) in [6.07, 6.45) is 5.68. The highest BCUT2D eigenvalue weighted by atomic mass is 16.5. The predicted octanol–water partition coefficient (Wildman–Crippen LogP) is 2.09. The third-order valence-electron chi connectivity index (χ3n) is 2.60. The molecule has 1 fully saturated rings. The highest BCUT2D eigenvalue weighted by Gasteiger charge is 2.23. The van der Waals surface area contributed by atoms with E-state index in [1.165, 1.54) is 19.3 Å². The number of aromatic nitrogens is 2. The fraction of sp³-hybridized carbons (Fsp3) is 0.636. The van der Waals surface area contributed by atoms with Gasteiger partial charge in [-0.25, -0.2) is 4.98 Å². The molecular formula is C11H17N3O. The summed E-state index contributed by atoms with van der Waals surface area (Å²) < 4.78 is 5.04. The zero-order valence-corrected chi connectivity index (χ0v) is 9.23. The highest BCUT2D eigenvalue weighted by Crippen LogP contribution is 2.33. The minimum atomic E-state index is 0.435. The maximum absolute atomic E-state index is 5.04. The van der Waals surface area contributed by atoms with Crippen LogP contribution in [0.25, 0.3) is 0 Å². The number of methoxy groups -OCH3 is 1. The molecule has 1 heterocycles. The molecule has 1 N–H and O–H groups in total. The Labute approximate surface area is 90.1 Å². The van der Waals surface area contributed by atoms with Crippen LogP contribution in [0.2, 0.25) is 0 Å². The first kappa shape index (κ1) is 10.2. The lowest BCUT2D eigenvalue weighted by Gasteiger charge is -2.13. The second-order valence-electron chi connectivity index (χ2n) is 4.15. The lowest BCUT2D eigenvalue weighted by molar-refractivity contribution is 0.397. The van der Waals surface area contributed by atoms with Gasteiger partial charge < -0.3 is 10.1 Å². The van der Waals surface area contributed by atoms with E-state index in [0.29, 0.717) is 17.9 Å². The number of rotatable bonds is 5. The molecule has 1 saturated carbocycles. The topological polar surface area (TPSA) is 47.0 Å². The molecule has 1 aromatic rings. The molecule has 4 heteroatoms. The van der Waals surface area contributed by atoms with Crippen molar-refractivity contribution in [2.75, 3.05) is 12.4 Å². The van der Waals surface area contributed by atoms with Gasteiger partial charge in [0, 0.05) is 18.3 Å². The largest absolute Gasteiger partial charge is 0.481 e.